The van der Waals surface area contributed by atoms with Crippen LogP contribution < -0.4 is 10.5 Å². The molecule has 18 heavy (non-hydrogen) atoms. The molecule has 0 saturated carbocycles. The normalized spacial score (nSPS) is 10.6. The summed E-state index contributed by atoms with van der Waals surface area (Å²) in [6, 6.07) is 5.74. The highest BCUT2D eigenvalue weighted by molar-refractivity contribution is 5.89. The minimum atomic E-state index is -0.340. The van der Waals surface area contributed by atoms with Gasteiger partial charge in [-0.15, -0.1) is 0 Å². The quantitative estimate of drug-likeness (QED) is 0.896. The van der Waals surface area contributed by atoms with Crippen molar-refractivity contribution in [2.24, 2.45) is 5.73 Å². The summed E-state index contributed by atoms with van der Waals surface area (Å²) in [5.74, 6) is 0.430. The lowest BCUT2D eigenvalue weighted by atomic mass is 10.0. The lowest BCUT2D eigenvalue weighted by Crippen LogP contribution is -2.13. The largest absolute Gasteiger partial charge is 0.496 e. The van der Waals surface area contributed by atoms with E-state index in [4.69, 9.17) is 10.5 Å². The van der Waals surface area contributed by atoms with Gasteiger partial charge in [-0.05, 0) is 31.0 Å². The Morgan fingerprint density at radius 3 is 2.67 bits per heavy atom. The van der Waals surface area contributed by atoms with Gasteiger partial charge in [-0.25, -0.2) is 0 Å². The molecule has 0 aliphatic heterocycles. The summed E-state index contributed by atoms with van der Waals surface area (Å²) < 4.78 is 5.37. The summed E-state index contributed by atoms with van der Waals surface area (Å²) in [6.45, 7) is 3.90. The molecule has 0 aliphatic carbocycles. The van der Waals surface area contributed by atoms with E-state index in [9.17, 15) is 4.79 Å². The van der Waals surface area contributed by atoms with E-state index in [1.165, 1.54) is 0 Å². The van der Waals surface area contributed by atoms with Crippen LogP contribution in [0.2, 0.25) is 0 Å². The second-order valence-electron chi connectivity index (χ2n) is 4.42. The third kappa shape index (κ3) is 2.27. The number of aromatic nitrogens is 1. The number of ether oxygens (including phenoxy) is 1. The average molecular weight is 244 g/mol. The summed E-state index contributed by atoms with van der Waals surface area (Å²) >= 11 is 0. The van der Waals surface area contributed by atoms with Crippen molar-refractivity contribution in [1.29, 1.82) is 0 Å². The molecular formula is C14H16N2O2. The van der Waals surface area contributed by atoms with Crippen LogP contribution in [0.5, 0.6) is 5.75 Å². The number of amides is 1. The van der Waals surface area contributed by atoms with Crippen LogP contribution in [0.25, 0.3) is 10.9 Å². The molecule has 2 rings (SSSR count). The van der Waals surface area contributed by atoms with Crippen molar-refractivity contribution in [3.63, 3.8) is 0 Å². The predicted octanol–water partition coefficient (Wildman–Crippen LogP) is 1.89. The monoisotopic (exact) mass is 244 g/mol. The number of carbonyl (C=O) groups excluding carboxylic acids is 1. The van der Waals surface area contributed by atoms with E-state index in [2.05, 4.69) is 4.98 Å². The summed E-state index contributed by atoms with van der Waals surface area (Å²) in [5.41, 5.74) is 8.94. The molecular weight excluding hydrogens is 228 g/mol. The first-order valence-electron chi connectivity index (χ1n) is 5.74. The number of aryl methyl sites for hydroxylation is 2. The third-order valence-corrected chi connectivity index (χ3v) is 2.85. The molecule has 1 amide bonds. The molecule has 0 spiro atoms. The van der Waals surface area contributed by atoms with Crippen molar-refractivity contribution in [3.8, 4) is 5.75 Å². The minimum Gasteiger partial charge on any atom is -0.496 e. The van der Waals surface area contributed by atoms with Crippen molar-refractivity contribution in [3.05, 3.63) is 35.0 Å². The summed E-state index contributed by atoms with van der Waals surface area (Å²) in [5, 5.41) is 0.916. The van der Waals surface area contributed by atoms with Gasteiger partial charge in [0.1, 0.15) is 5.75 Å². The predicted molar refractivity (Wildman–Crippen MR) is 70.7 cm³/mol. The fourth-order valence-electron chi connectivity index (χ4n) is 2.14. The number of hydrogen-bond acceptors (Lipinski definition) is 3. The van der Waals surface area contributed by atoms with Crippen molar-refractivity contribution in [2.75, 3.05) is 7.11 Å². The highest BCUT2D eigenvalue weighted by Crippen LogP contribution is 2.28. The van der Waals surface area contributed by atoms with Crippen molar-refractivity contribution in [1.82, 2.24) is 4.98 Å². The molecule has 4 heteroatoms. The van der Waals surface area contributed by atoms with Crippen LogP contribution in [0, 0.1) is 13.8 Å². The first-order valence-corrected chi connectivity index (χ1v) is 5.74. The molecule has 1 heterocycles. The minimum absolute atomic E-state index is 0.230. The zero-order valence-electron chi connectivity index (χ0n) is 10.8. The molecule has 0 fully saturated rings. The van der Waals surface area contributed by atoms with Gasteiger partial charge < -0.3 is 10.5 Å². The fraction of sp³-hybridized carbons (Fsp3) is 0.286. The number of hydrogen-bond donors (Lipinski definition) is 1. The summed E-state index contributed by atoms with van der Waals surface area (Å²) in [4.78, 5) is 15.5. The van der Waals surface area contributed by atoms with E-state index in [1.54, 1.807) is 7.11 Å². The van der Waals surface area contributed by atoms with Gasteiger partial charge in [0.15, 0.2) is 0 Å². The molecule has 1 aromatic carbocycles. The number of nitrogens with two attached hydrogens (primary N) is 1. The summed E-state index contributed by atoms with van der Waals surface area (Å²) in [7, 11) is 1.63. The van der Waals surface area contributed by atoms with Crippen LogP contribution in [0.1, 0.15) is 16.8 Å². The van der Waals surface area contributed by atoms with Gasteiger partial charge in [0.2, 0.25) is 5.91 Å². The van der Waals surface area contributed by atoms with Crippen LogP contribution in [0.4, 0.5) is 0 Å². The zero-order chi connectivity index (χ0) is 13.3. The van der Waals surface area contributed by atoms with Gasteiger partial charge in [0.05, 0.1) is 19.0 Å². The Morgan fingerprint density at radius 1 is 1.33 bits per heavy atom. The second kappa shape index (κ2) is 4.64. The topological polar surface area (TPSA) is 65.2 Å². The molecule has 0 atom stereocenters. The van der Waals surface area contributed by atoms with Gasteiger partial charge >= 0.3 is 0 Å². The van der Waals surface area contributed by atoms with Gasteiger partial charge in [-0.1, -0.05) is 6.07 Å². The van der Waals surface area contributed by atoms with Crippen LogP contribution in [0.15, 0.2) is 18.2 Å². The van der Waals surface area contributed by atoms with Crippen LogP contribution >= 0.6 is 0 Å². The Kier molecular flexibility index (Phi) is 3.19. The number of benzene rings is 1. The Hall–Kier alpha value is -2.10. The first-order chi connectivity index (χ1) is 8.51. The number of carbonyl (C=O) groups is 1. The van der Waals surface area contributed by atoms with Crippen LogP contribution in [0.3, 0.4) is 0 Å². The number of methoxy groups -OCH3 is 1. The van der Waals surface area contributed by atoms with Gasteiger partial charge in [0.25, 0.3) is 0 Å². The van der Waals surface area contributed by atoms with E-state index in [0.29, 0.717) is 0 Å². The van der Waals surface area contributed by atoms with Gasteiger partial charge in [-0.3, -0.25) is 9.78 Å². The molecule has 0 bridgehead atoms. The third-order valence-electron chi connectivity index (χ3n) is 2.85. The van der Waals surface area contributed by atoms with Crippen molar-refractivity contribution >= 4 is 16.8 Å². The lowest BCUT2D eigenvalue weighted by molar-refractivity contribution is -0.117. The maximum absolute atomic E-state index is 11.0. The average Bonchev–Trinajstić information content (AvgIpc) is 2.28. The molecule has 94 valence electrons. The highest BCUT2D eigenvalue weighted by atomic mass is 16.5. The Morgan fingerprint density at radius 2 is 2.06 bits per heavy atom. The standard InChI is InChI=1S/C14H16N2O2/c1-8-4-10(7-13(15)17)6-11-12(18-3)5-9(2)16-14(8)11/h4-6H,7H2,1-3H3,(H2,15,17). The number of fused-ring (bicyclic) bond motifs is 1. The number of pyridine rings is 1. The molecule has 1 aromatic heterocycles. The Bertz CT molecular complexity index is 621. The van der Waals surface area contributed by atoms with Crippen molar-refractivity contribution in [2.45, 2.75) is 20.3 Å². The molecule has 2 N–H and O–H groups in total. The first kappa shape index (κ1) is 12.4. The molecule has 4 nitrogen and oxygen atoms in total. The number of rotatable bonds is 3. The Labute approximate surface area is 106 Å². The number of primary amides is 1. The van der Waals surface area contributed by atoms with E-state index in [1.807, 2.05) is 32.0 Å². The molecule has 0 unspecified atom stereocenters. The second-order valence-corrected chi connectivity index (χ2v) is 4.42. The van der Waals surface area contributed by atoms with E-state index >= 15 is 0 Å². The zero-order valence-corrected chi connectivity index (χ0v) is 10.8. The smallest absolute Gasteiger partial charge is 0.221 e. The van der Waals surface area contributed by atoms with Crippen molar-refractivity contribution < 1.29 is 9.53 Å². The van der Waals surface area contributed by atoms with Gasteiger partial charge in [-0.2, -0.15) is 0 Å². The van der Waals surface area contributed by atoms with E-state index in [-0.39, 0.29) is 12.3 Å². The Balaban J connectivity index is 2.70. The molecule has 2 aromatic rings. The maximum Gasteiger partial charge on any atom is 0.221 e. The molecule has 0 radical (unpaired) electrons. The summed E-state index contributed by atoms with van der Waals surface area (Å²) in [6.07, 6.45) is 0.230. The molecule has 0 saturated heterocycles. The van der Waals surface area contributed by atoms with E-state index in [0.717, 1.165) is 33.5 Å². The molecule has 0 aliphatic rings. The number of nitrogens with zero attached hydrogens (tertiary/aromatic N) is 1. The fourth-order valence-corrected chi connectivity index (χ4v) is 2.14. The SMILES string of the molecule is COc1cc(C)nc2c(C)cc(CC(N)=O)cc12. The van der Waals surface area contributed by atoms with Crippen LogP contribution in [-0.4, -0.2) is 18.0 Å². The lowest BCUT2D eigenvalue weighted by Gasteiger charge is -2.10. The van der Waals surface area contributed by atoms with Gasteiger partial charge in [0, 0.05) is 17.1 Å². The van der Waals surface area contributed by atoms with E-state index < -0.39 is 0 Å². The van der Waals surface area contributed by atoms with Crippen LogP contribution in [-0.2, 0) is 11.2 Å². The highest BCUT2D eigenvalue weighted by Gasteiger charge is 2.09. The maximum atomic E-state index is 11.0.